The monoisotopic (exact) mass is 667 g/mol. The van der Waals surface area contributed by atoms with E-state index in [9.17, 15) is 19.2 Å². The van der Waals surface area contributed by atoms with E-state index in [1.165, 1.54) is 91.6 Å². The smallest absolute Gasteiger partial charge is 0.333 e. The summed E-state index contributed by atoms with van der Waals surface area (Å²) in [4.78, 5) is 47.2. The van der Waals surface area contributed by atoms with Crippen molar-refractivity contribution in [1.29, 1.82) is 0 Å². The fraction of sp³-hybridized carbons (Fsp3) is 0.846. The van der Waals surface area contributed by atoms with E-state index in [0.717, 1.165) is 77.0 Å². The number of ether oxygens (including phenoxy) is 3. The minimum atomic E-state index is -1.03. The maximum Gasteiger partial charge on any atom is 0.333 e. The Hall–Kier alpha value is -2.38. The van der Waals surface area contributed by atoms with E-state index < -0.39 is 23.5 Å². The van der Waals surface area contributed by atoms with Gasteiger partial charge in [-0.05, 0) is 32.1 Å². The Morgan fingerprint density at radius 1 is 0.596 bits per heavy atom. The molecule has 0 bridgehead atoms. The lowest BCUT2D eigenvalue weighted by Gasteiger charge is -2.32. The van der Waals surface area contributed by atoms with Crippen LogP contribution in [0, 0.1) is 0 Å². The number of esters is 3. The van der Waals surface area contributed by atoms with E-state index in [1.807, 2.05) is 6.08 Å². The summed E-state index contributed by atoms with van der Waals surface area (Å²) in [5, 5.41) is 8.73. The zero-order valence-corrected chi connectivity index (χ0v) is 30.7. The molecule has 0 aliphatic rings. The molecule has 0 aromatic carbocycles. The third-order valence-corrected chi connectivity index (χ3v) is 8.89. The van der Waals surface area contributed by atoms with Gasteiger partial charge < -0.3 is 19.3 Å². The number of aliphatic carboxylic acids is 1. The van der Waals surface area contributed by atoms with E-state index in [4.69, 9.17) is 19.3 Å². The summed E-state index contributed by atoms with van der Waals surface area (Å²) in [5.41, 5.74) is -0.453. The number of carboxylic acids is 1. The maximum absolute atomic E-state index is 12.6. The summed E-state index contributed by atoms with van der Waals surface area (Å²) in [6, 6.07) is 0. The summed E-state index contributed by atoms with van der Waals surface area (Å²) in [5.74, 6) is -1.98. The molecule has 274 valence electrons. The summed E-state index contributed by atoms with van der Waals surface area (Å²) in [6.07, 6.45) is 30.1. The topological polar surface area (TPSA) is 116 Å². The summed E-state index contributed by atoms with van der Waals surface area (Å²) >= 11 is 0. The second-order valence-electron chi connectivity index (χ2n) is 13.4. The molecule has 8 nitrogen and oxygen atoms in total. The van der Waals surface area contributed by atoms with Crippen LogP contribution in [0.25, 0.3) is 0 Å². The zero-order chi connectivity index (χ0) is 35.0. The number of unbranched alkanes of at least 4 members (excludes halogenated alkanes) is 21. The van der Waals surface area contributed by atoms with Gasteiger partial charge in [0.25, 0.3) is 0 Å². The predicted molar refractivity (Wildman–Crippen MR) is 189 cm³/mol. The van der Waals surface area contributed by atoms with Crippen molar-refractivity contribution < 1.29 is 38.5 Å². The molecule has 1 N–H and O–H groups in total. The lowest BCUT2D eigenvalue weighted by Crippen LogP contribution is -2.40. The molecule has 0 aromatic heterocycles. The first-order chi connectivity index (χ1) is 22.7. The highest BCUT2D eigenvalue weighted by atomic mass is 16.6. The van der Waals surface area contributed by atoms with Gasteiger partial charge in [-0.1, -0.05) is 141 Å². The van der Waals surface area contributed by atoms with E-state index >= 15 is 0 Å². The van der Waals surface area contributed by atoms with Gasteiger partial charge in [-0.15, -0.1) is 0 Å². The third kappa shape index (κ3) is 28.4. The van der Waals surface area contributed by atoms with E-state index in [-0.39, 0.29) is 25.4 Å². The standard InChI is InChI=1S/C39H70O8/c1-5-6-7-8-9-10-11-12-13-14-16-19-22-25-28-36(38(44)45-4)30-32-39(47-35(3)41,33-46-34(2)40)31-27-24-21-18-15-17-20-23-26-29-37(42)43/h30H,5-29,31-33H2,1-4H3,(H,42,43)/b36-30+. The van der Waals surface area contributed by atoms with Crippen LogP contribution in [-0.2, 0) is 33.4 Å². The predicted octanol–water partition coefficient (Wildman–Crippen LogP) is 10.6. The van der Waals surface area contributed by atoms with Crippen molar-refractivity contribution >= 4 is 23.9 Å². The molecule has 47 heavy (non-hydrogen) atoms. The van der Waals surface area contributed by atoms with Gasteiger partial charge in [0, 0.05) is 32.3 Å². The SMILES string of the molecule is CCCCCCCCCCCCCCCC/C(=C\CC(CCCCCCCCCCCC(=O)O)(COC(C)=O)OC(C)=O)C(=O)OC. The van der Waals surface area contributed by atoms with Crippen LogP contribution in [0.15, 0.2) is 11.6 Å². The number of rotatable bonds is 33. The summed E-state index contributed by atoms with van der Waals surface area (Å²) < 4.78 is 16.3. The molecule has 0 fully saturated rings. The van der Waals surface area contributed by atoms with Gasteiger partial charge in [-0.25, -0.2) is 4.79 Å². The van der Waals surface area contributed by atoms with E-state index in [2.05, 4.69) is 6.92 Å². The largest absolute Gasteiger partial charge is 0.481 e. The highest BCUT2D eigenvalue weighted by Gasteiger charge is 2.34. The summed E-state index contributed by atoms with van der Waals surface area (Å²) in [7, 11) is 1.38. The maximum atomic E-state index is 12.6. The van der Waals surface area contributed by atoms with Crippen molar-refractivity contribution in [3.8, 4) is 0 Å². The van der Waals surface area contributed by atoms with Crippen molar-refractivity contribution in [2.24, 2.45) is 0 Å². The second-order valence-corrected chi connectivity index (χ2v) is 13.4. The fourth-order valence-electron chi connectivity index (χ4n) is 6.09. The second kappa shape index (κ2) is 30.9. The number of hydrogen-bond acceptors (Lipinski definition) is 7. The normalized spacial score (nSPS) is 12.8. The van der Waals surface area contributed by atoms with Crippen LogP contribution >= 0.6 is 0 Å². The molecular formula is C39H70O8. The minimum absolute atomic E-state index is 0.0535. The Morgan fingerprint density at radius 2 is 1.02 bits per heavy atom. The van der Waals surface area contributed by atoms with Gasteiger partial charge in [0.15, 0.2) is 0 Å². The van der Waals surface area contributed by atoms with Crippen LogP contribution in [0.5, 0.6) is 0 Å². The molecule has 0 radical (unpaired) electrons. The van der Waals surface area contributed by atoms with Crippen molar-refractivity contribution in [1.82, 2.24) is 0 Å². The average Bonchev–Trinajstić information content (AvgIpc) is 3.03. The van der Waals surface area contributed by atoms with Crippen LogP contribution in [0.1, 0.15) is 194 Å². The molecule has 0 heterocycles. The van der Waals surface area contributed by atoms with Crippen molar-refractivity contribution in [3.05, 3.63) is 11.6 Å². The molecule has 1 atom stereocenters. The minimum Gasteiger partial charge on any atom is -0.481 e. The lowest BCUT2D eigenvalue weighted by atomic mass is 9.90. The molecular weight excluding hydrogens is 596 g/mol. The van der Waals surface area contributed by atoms with Gasteiger partial charge in [0.2, 0.25) is 0 Å². The molecule has 0 spiro atoms. The number of carbonyl (C=O) groups excluding carboxylic acids is 3. The Kier molecular flexibility index (Phi) is 29.4. The molecule has 0 aliphatic heterocycles. The molecule has 8 heteroatoms. The average molecular weight is 667 g/mol. The number of hydrogen-bond donors (Lipinski definition) is 1. The Morgan fingerprint density at radius 3 is 1.43 bits per heavy atom. The fourth-order valence-corrected chi connectivity index (χ4v) is 6.09. The van der Waals surface area contributed by atoms with Crippen LogP contribution in [0.2, 0.25) is 0 Å². The van der Waals surface area contributed by atoms with Gasteiger partial charge in [0.05, 0.1) is 7.11 Å². The third-order valence-electron chi connectivity index (χ3n) is 8.89. The Balaban J connectivity index is 4.76. The molecule has 0 aliphatic carbocycles. The van der Waals surface area contributed by atoms with Crippen LogP contribution in [-0.4, -0.2) is 48.3 Å². The highest BCUT2D eigenvalue weighted by molar-refractivity contribution is 5.88. The van der Waals surface area contributed by atoms with Crippen molar-refractivity contribution in [3.63, 3.8) is 0 Å². The Labute approximate surface area is 287 Å². The van der Waals surface area contributed by atoms with Crippen molar-refractivity contribution in [2.75, 3.05) is 13.7 Å². The van der Waals surface area contributed by atoms with Crippen LogP contribution in [0.4, 0.5) is 0 Å². The molecule has 0 saturated heterocycles. The first-order valence-electron chi connectivity index (χ1n) is 19.0. The number of carboxylic acid groups (broad SMARTS) is 1. The van der Waals surface area contributed by atoms with E-state index in [0.29, 0.717) is 18.4 Å². The first-order valence-corrected chi connectivity index (χ1v) is 19.0. The van der Waals surface area contributed by atoms with Crippen LogP contribution < -0.4 is 0 Å². The highest BCUT2D eigenvalue weighted by Crippen LogP contribution is 2.28. The molecule has 0 saturated carbocycles. The van der Waals surface area contributed by atoms with Gasteiger partial charge in [-0.2, -0.15) is 0 Å². The lowest BCUT2D eigenvalue weighted by molar-refractivity contribution is -0.171. The van der Waals surface area contributed by atoms with Crippen molar-refractivity contribution in [2.45, 2.75) is 200 Å². The number of carbonyl (C=O) groups is 4. The molecule has 1 unspecified atom stereocenters. The molecule has 0 rings (SSSR count). The first kappa shape index (κ1) is 44.6. The summed E-state index contributed by atoms with van der Waals surface area (Å²) in [6.45, 7) is 4.90. The van der Waals surface area contributed by atoms with Gasteiger partial charge >= 0.3 is 23.9 Å². The zero-order valence-electron chi connectivity index (χ0n) is 30.7. The van der Waals surface area contributed by atoms with Gasteiger partial charge in [0.1, 0.15) is 12.2 Å². The Bertz CT molecular complexity index is 852. The quantitative estimate of drug-likeness (QED) is 0.0318. The van der Waals surface area contributed by atoms with Crippen LogP contribution in [0.3, 0.4) is 0 Å². The molecule has 0 aromatic rings. The number of methoxy groups -OCH3 is 1. The van der Waals surface area contributed by atoms with E-state index in [1.54, 1.807) is 0 Å². The molecule has 0 amide bonds. The van der Waals surface area contributed by atoms with Gasteiger partial charge in [-0.3, -0.25) is 14.4 Å².